The molecule has 0 aliphatic rings. The van der Waals surface area contributed by atoms with E-state index in [2.05, 4.69) is 15.0 Å². The van der Waals surface area contributed by atoms with Gasteiger partial charge in [0.15, 0.2) is 16.9 Å². The van der Waals surface area contributed by atoms with Crippen molar-refractivity contribution in [2.45, 2.75) is 0 Å². The van der Waals surface area contributed by atoms with Crippen LogP contribution < -0.4 is 10.2 Å². The summed E-state index contributed by atoms with van der Waals surface area (Å²) < 4.78 is 13.6. The average Bonchev–Trinajstić information content (AvgIpc) is 3.26. The summed E-state index contributed by atoms with van der Waals surface area (Å²) in [6, 6.07) is 16.4. The third-order valence-corrected chi connectivity index (χ3v) is 5.74. The molecule has 0 aliphatic heterocycles. The predicted molar refractivity (Wildman–Crippen MR) is 109 cm³/mol. The van der Waals surface area contributed by atoms with Crippen molar-refractivity contribution in [3.63, 3.8) is 0 Å². The minimum Gasteiger partial charge on any atom is -0.436 e. The summed E-state index contributed by atoms with van der Waals surface area (Å²) in [6.07, 6.45) is 1.68. The lowest BCUT2D eigenvalue weighted by Crippen LogP contribution is -1.97. The van der Waals surface area contributed by atoms with Crippen molar-refractivity contribution in [1.82, 2.24) is 15.0 Å². The van der Waals surface area contributed by atoms with Crippen LogP contribution in [-0.2, 0) is 0 Å². The number of benzene rings is 1. The molecule has 28 heavy (non-hydrogen) atoms. The summed E-state index contributed by atoms with van der Waals surface area (Å²) in [5.41, 5.74) is 2.67. The van der Waals surface area contributed by atoms with Gasteiger partial charge in [-0.15, -0.1) is 11.3 Å². The number of thiophene rings is 1. The van der Waals surface area contributed by atoms with Crippen LogP contribution in [-0.4, -0.2) is 15.0 Å². The molecular weight excluding hydrogens is 374 g/mol. The minimum absolute atomic E-state index is 0.00550. The van der Waals surface area contributed by atoms with Gasteiger partial charge in [0.2, 0.25) is 11.6 Å². The number of nitrogens with one attached hydrogen (secondary N) is 1. The van der Waals surface area contributed by atoms with Gasteiger partial charge in [-0.05, 0) is 36.4 Å². The Labute approximate surface area is 161 Å². The maximum Gasteiger partial charge on any atom is 0.228 e. The molecule has 7 heteroatoms. The maximum absolute atomic E-state index is 12.3. The van der Waals surface area contributed by atoms with Crippen LogP contribution >= 0.6 is 11.3 Å². The quantitative estimate of drug-likeness (QED) is 0.442. The fourth-order valence-corrected chi connectivity index (χ4v) is 4.46. The number of ether oxygens (including phenoxy) is 1. The van der Waals surface area contributed by atoms with E-state index < -0.39 is 0 Å². The van der Waals surface area contributed by atoms with Gasteiger partial charge in [-0.25, -0.2) is 9.97 Å². The molecule has 6 aromatic rings. The van der Waals surface area contributed by atoms with Crippen LogP contribution in [0.15, 0.2) is 70.0 Å². The van der Waals surface area contributed by atoms with Gasteiger partial charge >= 0.3 is 0 Å². The number of aromatic nitrogens is 3. The molecule has 5 heterocycles. The summed E-state index contributed by atoms with van der Waals surface area (Å²) in [7, 11) is 0. The first-order valence-electron chi connectivity index (χ1n) is 8.63. The van der Waals surface area contributed by atoms with Gasteiger partial charge < -0.3 is 14.1 Å². The van der Waals surface area contributed by atoms with Gasteiger partial charge in [-0.3, -0.25) is 4.79 Å². The molecule has 6 nitrogen and oxygen atoms in total. The highest BCUT2D eigenvalue weighted by Gasteiger charge is 2.12. The summed E-state index contributed by atoms with van der Waals surface area (Å²) >= 11 is 1.57. The van der Waals surface area contributed by atoms with E-state index in [1.54, 1.807) is 35.7 Å². The number of pyridine rings is 3. The molecule has 0 saturated carbocycles. The van der Waals surface area contributed by atoms with Gasteiger partial charge in [0.1, 0.15) is 5.52 Å². The summed E-state index contributed by atoms with van der Waals surface area (Å²) in [5, 5.41) is 1.52. The number of nitrogens with zero attached hydrogens (tertiary/aromatic N) is 2. The van der Waals surface area contributed by atoms with E-state index in [1.165, 1.54) is 0 Å². The van der Waals surface area contributed by atoms with Crippen LogP contribution in [0.3, 0.4) is 0 Å². The van der Waals surface area contributed by atoms with Gasteiger partial charge in [-0.2, -0.15) is 0 Å². The molecule has 6 rings (SSSR count). The molecule has 0 aliphatic carbocycles. The Morgan fingerprint density at radius 3 is 2.93 bits per heavy atom. The first-order valence-corrected chi connectivity index (χ1v) is 9.45. The Kier molecular flexibility index (Phi) is 3.09. The van der Waals surface area contributed by atoms with Gasteiger partial charge in [-0.1, -0.05) is 6.07 Å². The fourth-order valence-electron chi connectivity index (χ4n) is 3.38. The number of hydrogen-bond acceptors (Lipinski definition) is 6. The zero-order valence-corrected chi connectivity index (χ0v) is 15.1. The Balaban J connectivity index is 1.48. The lowest BCUT2D eigenvalue weighted by molar-refractivity contribution is 0.448. The highest BCUT2D eigenvalue weighted by atomic mass is 32.1. The van der Waals surface area contributed by atoms with E-state index in [9.17, 15) is 4.79 Å². The van der Waals surface area contributed by atoms with Crippen molar-refractivity contribution in [1.29, 1.82) is 0 Å². The number of H-pyrrole nitrogens is 1. The van der Waals surface area contributed by atoms with Crippen molar-refractivity contribution in [2.24, 2.45) is 0 Å². The zero-order valence-electron chi connectivity index (χ0n) is 14.3. The second-order valence-corrected chi connectivity index (χ2v) is 7.43. The smallest absolute Gasteiger partial charge is 0.228 e. The molecule has 134 valence electrons. The first-order chi connectivity index (χ1) is 13.8. The number of aromatic amines is 1. The van der Waals surface area contributed by atoms with E-state index in [0.29, 0.717) is 34.0 Å². The molecule has 5 aromatic heterocycles. The maximum atomic E-state index is 12.3. The SMILES string of the molecule is O=c1cccc2sc3ccc(Oc4ccc5oc6ncccc6c5n4)[nH]c3c12. The predicted octanol–water partition coefficient (Wildman–Crippen LogP) is 5.22. The molecule has 0 bridgehead atoms. The topological polar surface area (TPSA) is 81.0 Å². The minimum atomic E-state index is -0.00550. The fraction of sp³-hybridized carbons (Fsp3) is 0. The van der Waals surface area contributed by atoms with Gasteiger partial charge in [0, 0.05) is 23.0 Å². The Morgan fingerprint density at radius 2 is 1.96 bits per heavy atom. The van der Waals surface area contributed by atoms with Crippen LogP contribution in [0.25, 0.3) is 42.5 Å². The van der Waals surface area contributed by atoms with Crippen LogP contribution in [0, 0.1) is 0 Å². The van der Waals surface area contributed by atoms with Crippen LogP contribution in [0.5, 0.6) is 11.8 Å². The lowest BCUT2D eigenvalue weighted by Gasteiger charge is -2.05. The molecule has 0 unspecified atom stereocenters. The number of hydrogen-bond donors (Lipinski definition) is 1. The Bertz CT molecular complexity index is 1580. The summed E-state index contributed by atoms with van der Waals surface area (Å²) in [5.74, 6) is 0.935. The number of furan rings is 1. The summed E-state index contributed by atoms with van der Waals surface area (Å²) in [6.45, 7) is 0. The van der Waals surface area contributed by atoms with Crippen LogP contribution in [0.2, 0.25) is 0 Å². The monoisotopic (exact) mass is 385 g/mol. The summed E-state index contributed by atoms with van der Waals surface area (Å²) in [4.78, 5) is 24.3. The number of fused-ring (bicyclic) bond motifs is 6. The second kappa shape index (κ2) is 5.64. The van der Waals surface area contributed by atoms with Crippen molar-refractivity contribution < 1.29 is 9.15 Å². The highest BCUT2D eigenvalue weighted by Crippen LogP contribution is 2.33. The molecule has 1 aromatic carbocycles. The standard InChI is InChI=1S/C21H11N3O3S/c25-12-4-1-5-14-18(12)20-15(28-14)7-9-17(24-20)27-16-8-6-13-19(23-16)11-3-2-10-22-21(11)26-13/h1-10,24H. The van der Waals surface area contributed by atoms with Crippen molar-refractivity contribution >= 4 is 53.8 Å². The first kappa shape index (κ1) is 15.4. The molecule has 1 N–H and O–H groups in total. The molecule has 0 fully saturated rings. The zero-order chi connectivity index (χ0) is 18.7. The number of rotatable bonds is 2. The average molecular weight is 385 g/mol. The van der Waals surface area contributed by atoms with Crippen molar-refractivity contribution in [3.8, 4) is 11.8 Å². The Hall–Kier alpha value is -3.71. The van der Waals surface area contributed by atoms with Crippen molar-refractivity contribution in [2.75, 3.05) is 0 Å². The second-order valence-electron chi connectivity index (χ2n) is 6.35. The third-order valence-electron chi connectivity index (χ3n) is 4.62. The molecule has 0 atom stereocenters. The van der Waals surface area contributed by atoms with Gasteiger partial charge in [0.25, 0.3) is 0 Å². The van der Waals surface area contributed by atoms with E-state index in [-0.39, 0.29) is 5.43 Å². The molecule has 0 amide bonds. The Morgan fingerprint density at radius 1 is 1.00 bits per heavy atom. The third kappa shape index (κ3) is 2.23. The van der Waals surface area contributed by atoms with E-state index in [1.807, 2.05) is 36.4 Å². The molecular formula is C21H11N3O3S. The lowest BCUT2D eigenvalue weighted by atomic mass is 10.2. The highest BCUT2D eigenvalue weighted by molar-refractivity contribution is 7.25. The van der Waals surface area contributed by atoms with Crippen LogP contribution in [0.4, 0.5) is 0 Å². The van der Waals surface area contributed by atoms with E-state index in [4.69, 9.17) is 9.15 Å². The van der Waals surface area contributed by atoms with Gasteiger partial charge in [0.05, 0.1) is 21.0 Å². The van der Waals surface area contributed by atoms with Crippen LogP contribution in [0.1, 0.15) is 0 Å². The molecule has 0 spiro atoms. The van der Waals surface area contributed by atoms with E-state index in [0.717, 1.165) is 20.3 Å². The van der Waals surface area contributed by atoms with Crippen molar-refractivity contribution in [3.05, 3.63) is 71.0 Å². The van der Waals surface area contributed by atoms with E-state index >= 15 is 0 Å². The largest absolute Gasteiger partial charge is 0.436 e. The molecule has 0 radical (unpaired) electrons. The molecule has 0 saturated heterocycles. The normalized spacial score (nSPS) is 11.7.